The van der Waals surface area contributed by atoms with Gasteiger partial charge in [-0.05, 0) is 47.3 Å². The molecule has 2 rings (SSSR count). The minimum atomic E-state index is -0.317. The molecule has 0 saturated carbocycles. The van der Waals surface area contributed by atoms with Gasteiger partial charge in [0.1, 0.15) is 5.82 Å². The number of nitrogens with one attached hydrogen (secondary N) is 2. The number of H-pyrrole nitrogens is 1. The molecule has 0 aliphatic heterocycles. The molecule has 0 spiro atoms. The van der Waals surface area contributed by atoms with Gasteiger partial charge in [0.15, 0.2) is 0 Å². The Hall–Kier alpha value is -1.56. The first-order valence-corrected chi connectivity index (χ1v) is 6.84. The molecule has 19 heavy (non-hydrogen) atoms. The molecule has 102 valence electrons. The van der Waals surface area contributed by atoms with Gasteiger partial charge in [-0.3, -0.25) is 5.10 Å². The van der Waals surface area contributed by atoms with E-state index in [1.807, 2.05) is 13.1 Å². The van der Waals surface area contributed by atoms with E-state index in [4.69, 9.17) is 5.73 Å². The van der Waals surface area contributed by atoms with Gasteiger partial charge >= 0.3 is 0 Å². The largest absolute Gasteiger partial charge is 0.397 e. The summed E-state index contributed by atoms with van der Waals surface area (Å²) in [6.45, 7) is 2.73. The Kier molecular flexibility index (Phi) is 4.42. The Balaban J connectivity index is 1.86. The van der Waals surface area contributed by atoms with Gasteiger partial charge in [-0.2, -0.15) is 5.10 Å². The fraction of sp³-hybridized carbons (Fsp3) is 0.308. The van der Waals surface area contributed by atoms with Crippen LogP contribution in [0.15, 0.2) is 22.8 Å². The molecular weight excluding hydrogens is 311 g/mol. The van der Waals surface area contributed by atoms with E-state index in [2.05, 4.69) is 31.4 Å². The average Bonchev–Trinajstić information content (AvgIpc) is 2.77. The smallest absolute Gasteiger partial charge is 0.139 e. The minimum Gasteiger partial charge on any atom is -0.397 e. The van der Waals surface area contributed by atoms with Gasteiger partial charge in [-0.25, -0.2) is 4.39 Å². The molecule has 4 N–H and O–H groups in total. The standard InChI is InChI=1S/C13H16BrFN4/c1-8-9(7-18-19-8)3-2-4-17-13-6-11(15)10(14)5-12(13)16/h5-7,17H,2-4,16H2,1H3,(H,18,19). The summed E-state index contributed by atoms with van der Waals surface area (Å²) in [5.74, 6) is -0.317. The third-order valence-electron chi connectivity index (χ3n) is 2.97. The summed E-state index contributed by atoms with van der Waals surface area (Å²) in [4.78, 5) is 0. The van der Waals surface area contributed by atoms with E-state index in [1.165, 1.54) is 11.6 Å². The van der Waals surface area contributed by atoms with Crippen LogP contribution in [0.5, 0.6) is 0 Å². The monoisotopic (exact) mass is 326 g/mol. The van der Waals surface area contributed by atoms with Gasteiger partial charge in [-0.15, -0.1) is 0 Å². The van der Waals surface area contributed by atoms with Gasteiger partial charge in [0.2, 0.25) is 0 Å². The van der Waals surface area contributed by atoms with Crippen LogP contribution in [0.25, 0.3) is 0 Å². The van der Waals surface area contributed by atoms with E-state index in [1.54, 1.807) is 6.07 Å². The fourth-order valence-electron chi connectivity index (χ4n) is 1.84. The molecule has 1 heterocycles. The van der Waals surface area contributed by atoms with Gasteiger partial charge in [-0.1, -0.05) is 0 Å². The first-order chi connectivity index (χ1) is 9.08. The quantitative estimate of drug-likeness (QED) is 0.583. The van der Waals surface area contributed by atoms with E-state index in [0.29, 0.717) is 15.8 Å². The van der Waals surface area contributed by atoms with Crippen molar-refractivity contribution in [3.05, 3.63) is 39.9 Å². The molecule has 4 nitrogen and oxygen atoms in total. The fourth-order valence-corrected chi connectivity index (χ4v) is 2.21. The number of hydrogen-bond acceptors (Lipinski definition) is 3. The molecule has 0 bridgehead atoms. The highest BCUT2D eigenvalue weighted by Gasteiger charge is 2.06. The summed E-state index contributed by atoms with van der Waals surface area (Å²) in [5.41, 5.74) is 9.28. The summed E-state index contributed by atoms with van der Waals surface area (Å²) in [7, 11) is 0. The lowest BCUT2D eigenvalue weighted by Crippen LogP contribution is -2.06. The predicted octanol–water partition coefficient (Wildman–Crippen LogP) is 3.25. The van der Waals surface area contributed by atoms with Crippen molar-refractivity contribution in [2.24, 2.45) is 0 Å². The molecule has 0 radical (unpaired) electrons. The number of nitrogens with two attached hydrogens (primary N) is 1. The number of aromatic amines is 1. The lowest BCUT2D eigenvalue weighted by Gasteiger charge is -2.10. The molecule has 2 aromatic rings. The number of nitrogens with zero attached hydrogens (tertiary/aromatic N) is 1. The van der Waals surface area contributed by atoms with Crippen molar-refractivity contribution >= 4 is 27.3 Å². The molecule has 6 heteroatoms. The maximum absolute atomic E-state index is 13.4. The Bertz CT molecular complexity index is 568. The number of aromatic nitrogens is 2. The third kappa shape index (κ3) is 3.47. The molecule has 1 aromatic carbocycles. The van der Waals surface area contributed by atoms with Gasteiger partial charge in [0.25, 0.3) is 0 Å². The summed E-state index contributed by atoms with van der Waals surface area (Å²) in [5, 5.41) is 10.0. The number of hydrogen-bond donors (Lipinski definition) is 3. The SMILES string of the molecule is Cc1[nH]ncc1CCCNc1cc(F)c(Br)cc1N. The highest BCUT2D eigenvalue weighted by Crippen LogP contribution is 2.26. The number of aryl methyl sites for hydroxylation is 2. The highest BCUT2D eigenvalue weighted by molar-refractivity contribution is 9.10. The molecule has 0 amide bonds. The second-order valence-electron chi connectivity index (χ2n) is 4.40. The predicted molar refractivity (Wildman–Crippen MR) is 78.6 cm³/mol. The Morgan fingerprint density at radius 3 is 2.95 bits per heavy atom. The van der Waals surface area contributed by atoms with E-state index in [-0.39, 0.29) is 5.82 Å². The van der Waals surface area contributed by atoms with E-state index in [0.717, 1.165) is 25.1 Å². The Morgan fingerprint density at radius 1 is 1.47 bits per heavy atom. The first-order valence-electron chi connectivity index (χ1n) is 6.05. The maximum Gasteiger partial charge on any atom is 0.139 e. The van der Waals surface area contributed by atoms with Crippen LogP contribution in [-0.2, 0) is 6.42 Å². The normalized spacial score (nSPS) is 10.7. The maximum atomic E-state index is 13.4. The van der Waals surface area contributed by atoms with Crippen molar-refractivity contribution < 1.29 is 4.39 Å². The summed E-state index contributed by atoms with van der Waals surface area (Å²) >= 11 is 3.10. The van der Waals surface area contributed by atoms with Crippen LogP contribution in [-0.4, -0.2) is 16.7 Å². The van der Waals surface area contributed by atoms with Crippen LogP contribution in [0.3, 0.4) is 0 Å². The highest BCUT2D eigenvalue weighted by atomic mass is 79.9. The van der Waals surface area contributed by atoms with E-state index >= 15 is 0 Å². The van der Waals surface area contributed by atoms with E-state index in [9.17, 15) is 4.39 Å². The number of nitrogen functional groups attached to an aromatic ring is 1. The number of rotatable bonds is 5. The zero-order valence-electron chi connectivity index (χ0n) is 10.6. The van der Waals surface area contributed by atoms with Gasteiger partial charge < -0.3 is 11.1 Å². The molecule has 0 fully saturated rings. The Labute approximate surface area is 119 Å². The molecule has 1 aromatic heterocycles. The molecule has 0 unspecified atom stereocenters. The zero-order chi connectivity index (χ0) is 13.8. The minimum absolute atomic E-state index is 0.317. The summed E-state index contributed by atoms with van der Waals surface area (Å²) < 4.78 is 13.8. The summed E-state index contributed by atoms with van der Waals surface area (Å²) in [6.07, 6.45) is 3.69. The van der Waals surface area contributed by atoms with Crippen LogP contribution in [0.4, 0.5) is 15.8 Å². The second-order valence-corrected chi connectivity index (χ2v) is 5.26. The number of anilines is 2. The van der Waals surface area contributed by atoms with Gasteiger partial charge in [0.05, 0.1) is 22.0 Å². The molecular formula is C13H16BrFN4. The number of halogens is 2. The van der Waals surface area contributed by atoms with Crippen molar-refractivity contribution in [1.82, 2.24) is 10.2 Å². The lowest BCUT2D eigenvalue weighted by molar-refractivity contribution is 0.621. The topological polar surface area (TPSA) is 66.7 Å². The summed E-state index contributed by atoms with van der Waals surface area (Å²) in [6, 6.07) is 2.97. The van der Waals surface area contributed by atoms with Crippen molar-refractivity contribution in [3.63, 3.8) is 0 Å². The van der Waals surface area contributed by atoms with Gasteiger partial charge in [0, 0.05) is 18.3 Å². The Morgan fingerprint density at radius 2 is 2.26 bits per heavy atom. The number of benzene rings is 1. The van der Waals surface area contributed by atoms with Crippen LogP contribution in [0.2, 0.25) is 0 Å². The molecule has 0 aliphatic carbocycles. The zero-order valence-corrected chi connectivity index (χ0v) is 12.2. The van der Waals surface area contributed by atoms with Crippen LogP contribution in [0, 0.1) is 12.7 Å². The van der Waals surface area contributed by atoms with E-state index < -0.39 is 0 Å². The van der Waals surface area contributed by atoms with Crippen molar-refractivity contribution in [1.29, 1.82) is 0 Å². The molecule has 0 aliphatic rings. The second kappa shape index (κ2) is 6.06. The lowest BCUT2D eigenvalue weighted by atomic mass is 10.1. The molecule has 0 atom stereocenters. The van der Waals surface area contributed by atoms with Crippen molar-refractivity contribution in [3.8, 4) is 0 Å². The van der Waals surface area contributed by atoms with Crippen LogP contribution >= 0.6 is 15.9 Å². The average molecular weight is 327 g/mol. The van der Waals surface area contributed by atoms with Crippen LogP contribution in [0.1, 0.15) is 17.7 Å². The van der Waals surface area contributed by atoms with Crippen LogP contribution < -0.4 is 11.1 Å². The van der Waals surface area contributed by atoms with Crippen molar-refractivity contribution in [2.45, 2.75) is 19.8 Å². The van der Waals surface area contributed by atoms with Crippen molar-refractivity contribution in [2.75, 3.05) is 17.6 Å². The first kappa shape index (κ1) is 13.9. The third-order valence-corrected chi connectivity index (χ3v) is 3.57. The molecule has 0 saturated heterocycles.